The molecule has 0 aliphatic carbocycles. The minimum absolute atomic E-state index is 0.00471. The highest BCUT2D eigenvalue weighted by molar-refractivity contribution is 5.59. The predicted octanol–water partition coefficient (Wildman–Crippen LogP) is 3.71. The Bertz CT molecular complexity index is 1260. The summed E-state index contributed by atoms with van der Waals surface area (Å²) < 4.78 is 0. The molecular formula is C20H15N3O9. The Morgan fingerprint density at radius 1 is 0.594 bits per heavy atom. The van der Waals surface area contributed by atoms with Gasteiger partial charge in [0.05, 0.1) is 14.8 Å². The number of nitrogens with zero attached hydrogens (tertiary/aromatic N) is 3. The molecule has 0 amide bonds. The average molecular weight is 441 g/mol. The van der Waals surface area contributed by atoms with Crippen molar-refractivity contribution < 1.29 is 30.1 Å². The molecule has 32 heavy (non-hydrogen) atoms. The van der Waals surface area contributed by atoms with Crippen LogP contribution in [-0.2, 0) is 12.8 Å². The average Bonchev–Trinajstić information content (AvgIpc) is 2.72. The molecule has 12 heteroatoms. The van der Waals surface area contributed by atoms with E-state index in [2.05, 4.69) is 0 Å². The van der Waals surface area contributed by atoms with Gasteiger partial charge in [0.25, 0.3) is 0 Å². The Kier molecular flexibility index (Phi) is 5.87. The molecule has 0 atom stereocenters. The number of nitro benzene ring substituents is 3. The summed E-state index contributed by atoms with van der Waals surface area (Å²) in [5, 5.41) is 64.2. The van der Waals surface area contributed by atoms with Crippen LogP contribution in [0.15, 0.2) is 48.5 Å². The van der Waals surface area contributed by atoms with Crippen molar-refractivity contribution in [1.82, 2.24) is 0 Å². The zero-order valence-electron chi connectivity index (χ0n) is 16.2. The van der Waals surface area contributed by atoms with E-state index in [1.807, 2.05) is 0 Å². The highest BCUT2D eigenvalue weighted by atomic mass is 16.6. The maximum atomic E-state index is 11.4. The lowest BCUT2D eigenvalue weighted by Crippen LogP contribution is -2.00. The van der Waals surface area contributed by atoms with Gasteiger partial charge in [0.1, 0.15) is 0 Å². The van der Waals surface area contributed by atoms with Crippen LogP contribution >= 0.6 is 0 Å². The molecule has 12 nitrogen and oxygen atoms in total. The predicted molar refractivity (Wildman–Crippen MR) is 110 cm³/mol. The van der Waals surface area contributed by atoms with Gasteiger partial charge in [-0.25, -0.2) is 0 Å². The number of rotatable bonds is 7. The van der Waals surface area contributed by atoms with Gasteiger partial charge in [-0.3, -0.25) is 30.3 Å². The molecule has 3 aromatic rings. The van der Waals surface area contributed by atoms with E-state index >= 15 is 0 Å². The van der Waals surface area contributed by atoms with Gasteiger partial charge in [-0.2, -0.15) is 0 Å². The molecule has 0 aliphatic rings. The van der Waals surface area contributed by atoms with E-state index in [9.17, 15) is 45.7 Å². The molecule has 3 aromatic carbocycles. The third-order valence-electron chi connectivity index (χ3n) is 4.79. The standard InChI is InChI=1S/C20H15N3O9/c24-18-12(3-1-5-15(18)21(27)28)7-11-8-14(20(26)17(9-11)23(31)32)10-13-4-2-6-16(19(13)25)22(29)30/h1-6,8-9,24-26H,7,10H2. The lowest BCUT2D eigenvalue weighted by molar-refractivity contribution is -0.386. The molecule has 164 valence electrons. The summed E-state index contributed by atoms with van der Waals surface area (Å²) in [5.41, 5.74) is -1.33. The largest absolute Gasteiger partial charge is 0.502 e. The lowest BCUT2D eigenvalue weighted by atomic mass is 9.96. The SMILES string of the molecule is O=[N+]([O-])c1cccc(Cc2cc(Cc3cccc([N+](=O)[O-])c3O)c(O)c([N+](=O)[O-])c2)c1O. The lowest BCUT2D eigenvalue weighted by Gasteiger charge is -2.11. The van der Waals surface area contributed by atoms with Gasteiger partial charge in [0.15, 0.2) is 17.2 Å². The second kappa shape index (κ2) is 8.55. The van der Waals surface area contributed by atoms with E-state index in [0.29, 0.717) is 0 Å². The van der Waals surface area contributed by atoms with E-state index in [0.717, 1.165) is 18.2 Å². The molecule has 0 bridgehead atoms. The molecule has 3 rings (SSSR count). The van der Waals surface area contributed by atoms with Crippen LogP contribution in [0.1, 0.15) is 22.3 Å². The van der Waals surface area contributed by atoms with Gasteiger partial charge in [-0.1, -0.05) is 30.3 Å². The van der Waals surface area contributed by atoms with Crippen molar-refractivity contribution in [2.75, 3.05) is 0 Å². The van der Waals surface area contributed by atoms with Crippen LogP contribution in [0.4, 0.5) is 17.1 Å². The topological polar surface area (TPSA) is 190 Å². The third kappa shape index (κ3) is 4.23. The van der Waals surface area contributed by atoms with Crippen molar-refractivity contribution in [1.29, 1.82) is 0 Å². The first-order valence-corrected chi connectivity index (χ1v) is 8.99. The smallest absolute Gasteiger partial charge is 0.311 e. The van der Waals surface area contributed by atoms with Crippen LogP contribution in [0.5, 0.6) is 17.2 Å². The zero-order valence-corrected chi connectivity index (χ0v) is 16.2. The van der Waals surface area contributed by atoms with Crippen LogP contribution in [0.25, 0.3) is 0 Å². The molecule has 0 aromatic heterocycles. The van der Waals surface area contributed by atoms with E-state index in [1.165, 1.54) is 30.3 Å². The number of hydrogen-bond acceptors (Lipinski definition) is 9. The second-order valence-corrected chi connectivity index (χ2v) is 6.82. The number of benzene rings is 3. The van der Waals surface area contributed by atoms with Gasteiger partial charge in [-0.15, -0.1) is 0 Å². The van der Waals surface area contributed by atoms with Crippen LogP contribution in [0.2, 0.25) is 0 Å². The number of phenolic OH excluding ortho intramolecular Hbond substituents is 3. The quantitative estimate of drug-likeness (QED) is 0.362. The van der Waals surface area contributed by atoms with Crippen LogP contribution in [-0.4, -0.2) is 30.1 Å². The fourth-order valence-electron chi connectivity index (χ4n) is 3.28. The van der Waals surface area contributed by atoms with E-state index in [1.54, 1.807) is 0 Å². The van der Waals surface area contributed by atoms with Gasteiger partial charge in [0, 0.05) is 47.7 Å². The fraction of sp³-hybridized carbons (Fsp3) is 0.100. The Morgan fingerprint density at radius 3 is 1.50 bits per heavy atom. The number of para-hydroxylation sites is 2. The molecule has 0 heterocycles. The second-order valence-electron chi connectivity index (χ2n) is 6.82. The number of aromatic hydroxyl groups is 3. The van der Waals surface area contributed by atoms with Crippen molar-refractivity contribution >= 4 is 17.1 Å². The van der Waals surface area contributed by atoms with Crippen LogP contribution in [0.3, 0.4) is 0 Å². The normalized spacial score (nSPS) is 10.6. The number of hydrogen-bond donors (Lipinski definition) is 3. The summed E-state index contributed by atoms with van der Waals surface area (Å²) in [6, 6.07) is 10.1. The number of nitro groups is 3. The Hall–Kier alpha value is -4.74. The molecule has 0 aliphatic heterocycles. The van der Waals surface area contributed by atoms with E-state index in [-0.39, 0.29) is 35.1 Å². The molecule has 0 saturated heterocycles. The monoisotopic (exact) mass is 441 g/mol. The molecule has 0 saturated carbocycles. The first-order chi connectivity index (χ1) is 15.1. The van der Waals surface area contributed by atoms with Gasteiger partial charge in [0.2, 0.25) is 0 Å². The van der Waals surface area contributed by atoms with Crippen molar-refractivity contribution in [3.63, 3.8) is 0 Å². The summed E-state index contributed by atoms with van der Waals surface area (Å²) in [6.07, 6.45) is -0.405. The molecule has 0 spiro atoms. The summed E-state index contributed by atoms with van der Waals surface area (Å²) >= 11 is 0. The summed E-state index contributed by atoms with van der Waals surface area (Å²) in [5.74, 6) is -1.92. The maximum absolute atomic E-state index is 11.4. The molecule has 0 unspecified atom stereocenters. The highest BCUT2D eigenvalue weighted by Gasteiger charge is 2.24. The Balaban J connectivity index is 2.07. The van der Waals surface area contributed by atoms with Crippen molar-refractivity contribution in [3.05, 3.63) is 101 Å². The van der Waals surface area contributed by atoms with Crippen LogP contribution < -0.4 is 0 Å². The number of phenols is 3. The molecule has 0 fully saturated rings. The maximum Gasteiger partial charge on any atom is 0.311 e. The van der Waals surface area contributed by atoms with Crippen molar-refractivity contribution in [3.8, 4) is 17.2 Å². The van der Waals surface area contributed by atoms with Gasteiger partial charge < -0.3 is 15.3 Å². The summed E-state index contributed by atoms with van der Waals surface area (Å²) in [4.78, 5) is 31.1. The Morgan fingerprint density at radius 2 is 1.03 bits per heavy atom. The molecule has 0 radical (unpaired) electrons. The first kappa shape index (κ1) is 22.0. The summed E-state index contributed by atoms with van der Waals surface area (Å²) in [7, 11) is 0. The van der Waals surface area contributed by atoms with Crippen LogP contribution in [0, 0.1) is 30.3 Å². The Labute approximate surface area is 179 Å². The molecular weight excluding hydrogens is 426 g/mol. The fourth-order valence-corrected chi connectivity index (χ4v) is 3.28. The third-order valence-corrected chi connectivity index (χ3v) is 4.79. The van der Waals surface area contributed by atoms with Crippen molar-refractivity contribution in [2.24, 2.45) is 0 Å². The summed E-state index contributed by atoms with van der Waals surface area (Å²) in [6.45, 7) is 0. The van der Waals surface area contributed by atoms with Crippen molar-refractivity contribution in [2.45, 2.75) is 12.8 Å². The van der Waals surface area contributed by atoms with Gasteiger partial charge >= 0.3 is 17.1 Å². The minimum atomic E-state index is -0.830. The highest BCUT2D eigenvalue weighted by Crippen LogP contribution is 2.38. The zero-order chi connectivity index (χ0) is 23.6. The van der Waals surface area contributed by atoms with E-state index < -0.39 is 49.1 Å². The molecule has 3 N–H and O–H groups in total. The minimum Gasteiger partial charge on any atom is -0.502 e. The van der Waals surface area contributed by atoms with Gasteiger partial charge in [-0.05, 0) is 5.56 Å². The first-order valence-electron chi connectivity index (χ1n) is 8.99. The van der Waals surface area contributed by atoms with E-state index in [4.69, 9.17) is 0 Å².